The Hall–Kier alpha value is -3.37. The molecule has 0 saturated carbocycles. The first-order valence-corrected chi connectivity index (χ1v) is 15.2. The molecule has 1 saturated heterocycles. The topological polar surface area (TPSA) is 50.4 Å². The molecule has 3 aromatic carbocycles. The summed E-state index contributed by atoms with van der Waals surface area (Å²) in [7, 11) is 0. The molecule has 1 aliphatic rings. The van der Waals surface area contributed by atoms with Crippen molar-refractivity contribution in [3.63, 3.8) is 0 Å². The quantitative estimate of drug-likeness (QED) is 0.300. The molecule has 2 N–H and O–H groups in total. The van der Waals surface area contributed by atoms with E-state index < -0.39 is 11.6 Å². The molecule has 4 rings (SSSR count). The van der Waals surface area contributed by atoms with E-state index >= 15 is 0 Å². The summed E-state index contributed by atoms with van der Waals surface area (Å²) in [5.74, 6) is 0.146. The number of nitrogens with one attached hydrogen (secondary N) is 2. The van der Waals surface area contributed by atoms with E-state index in [0.29, 0.717) is 6.54 Å². The molecule has 0 radical (unpaired) electrons. The lowest BCUT2D eigenvalue weighted by molar-refractivity contribution is 0.0975. The lowest BCUT2D eigenvalue weighted by atomic mass is 9.80. The van der Waals surface area contributed by atoms with Gasteiger partial charge in [-0.25, -0.2) is 4.79 Å². The Bertz CT molecular complexity index is 1310. The van der Waals surface area contributed by atoms with Crippen molar-refractivity contribution in [2.24, 2.45) is 0 Å². The lowest BCUT2D eigenvalue weighted by Gasteiger charge is -2.28. The Labute approximate surface area is 254 Å². The number of carbonyl (C=O) groups is 1. The maximum atomic E-state index is 13.1. The number of hydrogen-bond acceptors (Lipinski definition) is 3. The maximum absolute atomic E-state index is 13.1. The second-order valence-corrected chi connectivity index (χ2v) is 14.6. The SMILES string of the molecule is C=C(C)c1ccc(C(C)(C)NC(=O)O[C@H]2CN[C@@H](C(c3ccc(C(C)(C)C)cc3)c3ccc(C(C)(C)C)cc3)C2)cc1. The van der Waals surface area contributed by atoms with Crippen LogP contribution >= 0.6 is 0 Å². The minimum absolute atomic E-state index is 0.0979. The number of hydrogen-bond donors (Lipinski definition) is 2. The molecule has 3 aromatic rings. The first kappa shape index (κ1) is 31.6. The largest absolute Gasteiger partial charge is 0.445 e. The van der Waals surface area contributed by atoms with Crippen LogP contribution in [0.1, 0.15) is 108 Å². The third kappa shape index (κ3) is 7.52. The normalized spacial score (nSPS) is 17.8. The highest BCUT2D eigenvalue weighted by atomic mass is 16.6. The van der Waals surface area contributed by atoms with Gasteiger partial charge in [0.15, 0.2) is 0 Å². The zero-order valence-electron chi connectivity index (χ0n) is 27.1. The number of rotatable bonds is 7. The van der Waals surface area contributed by atoms with E-state index in [1.165, 1.54) is 22.3 Å². The van der Waals surface area contributed by atoms with Gasteiger partial charge in [0, 0.05) is 24.9 Å². The second kappa shape index (κ2) is 12.1. The van der Waals surface area contributed by atoms with Gasteiger partial charge in [-0.2, -0.15) is 0 Å². The minimum Gasteiger partial charge on any atom is -0.445 e. The molecular formula is C38H50N2O2. The van der Waals surface area contributed by atoms with Gasteiger partial charge in [-0.15, -0.1) is 0 Å². The van der Waals surface area contributed by atoms with E-state index in [1.807, 2.05) is 45.0 Å². The van der Waals surface area contributed by atoms with Gasteiger partial charge >= 0.3 is 6.09 Å². The van der Waals surface area contributed by atoms with Crippen molar-refractivity contribution >= 4 is 11.7 Å². The Morgan fingerprint density at radius 1 is 0.786 bits per heavy atom. The van der Waals surface area contributed by atoms with Crippen molar-refractivity contribution < 1.29 is 9.53 Å². The van der Waals surface area contributed by atoms with Crippen molar-refractivity contribution in [3.05, 3.63) is 113 Å². The summed E-state index contributed by atoms with van der Waals surface area (Å²) >= 11 is 0. The molecule has 0 unspecified atom stereocenters. The summed E-state index contributed by atoms with van der Waals surface area (Å²) in [4.78, 5) is 13.1. The Morgan fingerprint density at radius 3 is 1.67 bits per heavy atom. The Kier molecular flexibility index (Phi) is 9.08. The second-order valence-electron chi connectivity index (χ2n) is 14.6. The first-order chi connectivity index (χ1) is 19.5. The highest BCUT2D eigenvalue weighted by Gasteiger charge is 2.35. The third-order valence-electron chi connectivity index (χ3n) is 8.59. The van der Waals surface area contributed by atoms with E-state index in [0.717, 1.165) is 23.1 Å². The van der Waals surface area contributed by atoms with Crippen LogP contribution < -0.4 is 10.6 Å². The van der Waals surface area contributed by atoms with E-state index in [4.69, 9.17) is 4.74 Å². The molecule has 224 valence electrons. The summed E-state index contributed by atoms with van der Waals surface area (Å²) in [6.45, 7) is 24.1. The number of alkyl carbamates (subject to hydrolysis) is 1. The average Bonchev–Trinajstić information content (AvgIpc) is 3.35. The van der Waals surface area contributed by atoms with E-state index in [-0.39, 0.29) is 28.9 Å². The van der Waals surface area contributed by atoms with Gasteiger partial charge in [-0.05, 0) is 65.0 Å². The van der Waals surface area contributed by atoms with Crippen molar-refractivity contribution in [3.8, 4) is 0 Å². The van der Waals surface area contributed by atoms with Crippen molar-refractivity contribution in [1.82, 2.24) is 10.6 Å². The van der Waals surface area contributed by atoms with Gasteiger partial charge in [0.2, 0.25) is 0 Å². The van der Waals surface area contributed by atoms with E-state index in [2.05, 4.69) is 107 Å². The molecule has 1 fully saturated rings. The molecule has 2 atom stereocenters. The smallest absolute Gasteiger partial charge is 0.408 e. The van der Waals surface area contributed by atoms with Crippen LogP contribution in [-0.4, -0.2) is 24.8 Å². The van der Waals surface area contributed by atoms with Crippen LogP contribution in [0.15, 0.2) is 79.4 Å². The summed E-state index contributed by atoms with van der Waals surface area (Å²) in [5, 5.41) is 6.78. The number of allylic oxidation sites excluding steroid dienone is 1. The van der Waals surface area contributed by atoms with Gasteiger partial charge < -0.3 is 15.4 Å². The van der Waals surface area contributed by atoms with Gasteiger partial charge in [0.05, 0.1) is 5.54 Å². The molecule has 4 heteroatoms. The molecule has 4 nitrogen and oxygen atoms in total. The predicted molar refractivity (Wildman–Crippen MR) is 176 cm³/mol. The molecule has 0 bridgehead atoms. The number of carbonyl (C=O) groups excluding carboxylic acids is 1. The molecule has 1 aliphatic heterocycles. The summed E-state index contributed by atoms with van der Waals surface area (Å²) < 4.78 is 5.98. The summed E-state index contributed by atoms with van der Waals surface area (Å²) in [6, 6.07) is 26.4. The van der Waals surface area contributed by atoms with E-state index in [9.17, 15) is 4.79 Å². The van der Waals surface area contributed by atoms with Crippen LogP contribution in [0.2, 0.25) is 0 Å². The summed E-state index contributed by atoms with van der Waals surface area (Å²) in [6.07, 6.45) is 0.146. The zero-order chi connectivity index (χ0) is 30.9. The average molecular weight is 567 g/mol. The fourth-order valence-electron chi connectivity index (χ4n) is 5.79. The third-order valence-corrected chi connectivity index (χ3v) is 8.59. The first-order valence-electron chi connectivity index (χ1n) is 15.2. The van der Waals surface area contributed by atoms with Crippen molar-refractivity contribution in [2.75, 3.05) is 6.54 Å². The molecule has 1 heterocycles. The minimum atomic E-state index is -0.567. The molecular weight excluding hydrogens is 516 g/mol. The fourth-order valence-corrected chi connectivity index (χ4v) is 5.79. The van der Waals surface area contributed by atoms with Crippen molar-refractivity contribution in [2.45, 2.75) is 103 Å². The molecule has 0 spiro atoms. The van der Waals surface area contributed by atoms with Crippen molar-refractivity contribution in [1.29, 1.82) is 0 Å². The molecule has 0 aliphatic carbocycles. The Balaban J connectivity index is 1.50. The van der Waals surface area contributed by atoms with Crippen LogP contribution in [0, 0.1) is 0 Å². The monoisotopic (exact) mass is 566 g/mol. The predicted octanol–water partition coefficient (Wildman–Crippen LogP) is 8.84. The van der Waals surface area contributed by atoms with Gasteiger partial charge in [0.1, 0.15) is 6.10 Å². The van der Waals surface area contributed by atoms with Gasteiger partial charge in [-0.1, -0.05) is 126 Å². The fraction of sp³-hybridized carbons (Fsp3) is 0.447. The maximum Gasteiger partial charge on any atom is 0.408 e. The highest BCUT2D eigenvalue weighted by Crippen LogP contribution is 2.35. The van der Waals surface area contributed by atoms with E-state index in [1.54, 1.807) is 0 Å². The van der Waals surface area contributed by atoms with Gasteiger partial charge in [-0.3, -0.25) is 0 Å². The number of benzene rings is 3. The highest BCUT2D eigenvalue weighted by molar-refractivity contribution is 5.69. The lowest BCUT2D eigenvalue weighted by Crippen LogP contribution is -2.42. The van der Waals surface area contributed by atoms with Crippen LogP contribution in [0.25, 0.3) is 5.57 Å². The van der Waals surface area contributed by atoms with Crippen LogP contribution in [0.5, 0.6) is 0 Å². The Morgan fingerprint density at radius 2 is 1.24 bits per heavy atom. The zero-order valence-corrected chi connectivity index (χ0v) is 27.1. The summed E-state index contributed by atoms with van der Waals surface area (Å²) in [5.41, 5.74) is 7.94. The van der Waals surface area contributed by atoms with Crippen LogP contribution in [0.4, 0.5) is 4.79 Å². The number of amides is 1. The van der Waals surface area contributed by atoms with Crippen LogP contribution in [-0.2, 0) is 21.1 Å². The van der Waals surface area contributed by atoms with Crippen LogP contribution in [0.3, 0.4) is 0 Å². The van der Waals surface area contributed by atoms with Gasteiger partial charge in [0.25, 0.3) is 0 Å². The number of ether oxygens (including phenoxy) is 1. The molecule has 42 heavy (non-hydrogen) atoms. The standard InChI is InChI=1S/C38H50N2O2/c1-25(2)26-11-21-31(22-12-26)38(9,10)40-35(41)42-32-23-33(39-24-32)34(27-13-17-29(18-14-27)36(3,4)5)28-15-19-30(20-16-28)37(6,7)8/h11-22,32-34,39H,1,23-24H2,2-10H3,(H,40,41)/t32-,33-/m1/s1. The molecule has 0 aromatic heterocycles. The molecule has 1 amide bonds.